The first-order valence-electron chi connectivity index (χ1n) is 21.6. The summed E-state index contributed by atoms with van der Waals surface area (Å²) in [7, 11) is -1.47. The molecule has 3 rings (SSSR count). The summed E-state index contributed by atoms with van der Waals surface area (Å²) in [6.07, 6.45) is 2.45. The fourth-order valence-electron chi connectivity index (χ4n) is 5.99. The van der Waals surface area contributed by atoms with E-state index in [1.54, 1.807) is 12.1 Å². The molecule has 0 bridgehead atoms. The van der Waals surface area contributed by atoms with E-state index >= 15 is 0 Å². The number of hydrogen-bond donors (Lipinski definition) is 2. The van der Waals surface area contributed by atoms with Crippen LogP contribution in [0.3, 0.4) is 0 Å². The highest BCUT2D eigenvalue weighted by atomic mass is 28.4. The maximum absolute atomic E-state index is 13.2. The highest BCUT2D eigenvalue weighted by Crippen LogP contribution is 2.32. The van der Waals surface area contributed by atoms with E-state index in [2.05, 4.69) is 30.3 Å². The number of nitrogens with one attached hydrogen (secondary N) is 2. The molecule has 2 heterocycles. The van der Waals surface area contributed by atoms with Gasteiger partial charge in [-0.2, -0.15) is 0 Å². The Morgan fingerprint density at radius 2 is 1.03 bits per heavy atom. The van der Waals surface area contributed by atoms with E-state index in [0.717, 1.165) is 17.7 Å². The minimum atomic E-state index is -1.47. The molecule has 1 unspecified atom stereocenters. The van der Waals surface area contributed by atoms with Crippen LogP contribution in [0.25, 0.3) is 0 Å². The lowest BCUT2D eigenvalue weighted by Gasteiger charge is -2.27. The molecule has 0 aromatic heterocycles. The number of piperidine rings is 1. The van der Waals surface area contributed by atoms with E-state index in [0.29, 0.717) is 145 Å². The van der Waals surface area contributed by atoms with Crippen molar-refractivity contribution in [1.82, 2.24) is 10.2 Å². The summed E-state index contributed by atoms with van der Waals surface area (Å²) in [5, 5.41) is 4.91. The Morgan fingerprint density at radius 1 is 0.597 bits per heavy atom. The summed E-state index contributed by atoms with van der Waals surface area (Å²) in [6.45, 7) is 16.9. The fraction of sp³-hybridized carbons (Fsp3) is 0.738. The van der Waals surface area contributed by atoms with Gasteiger partial charge in [0.05, 0.1) is 149 Å². The minimum Gasteiger partial charge on any atom is -0.415 e. The lowest BCUT2D eigenvalue weighted by Crippen LogP contribution is -2.54. The number of fused-ring (bicyclic) bond motifs is 1. The Balaban J connectivity index is 0.993. The van der Waals surface area contributed by atoms with Crippen molar-refractivity contribution in [2.45, 2.75) is 64.2 Å². The number of rotatable bonds is 39. The molecule has 62 heavy (non-hydrogen) atoms. The number of anilines is 1. The third-order valence-corrected chi connectivity index (χ3v) is 10.1. The number of amides is 5. The van der Waals surface area contributed by atoms with Gasteiger partial charge in [-0.1, -0.05) is 12.5 Å². The van der Waals surface area contributed by atoms with Crippen LogP contribution in [0.4, 0.5) is 5.69 Å². The van der Waals surface area contributed by atoms with Crippen LogP contribution in [-0.4, -0.2) is 188 Å². The predicted octanol–water partition coefficient (Wildman–Crippen LogP) is 2.60. The van der Waals surface area contributed by atoms with Gasteiger partial charge in [0, 0.05) is 19.4 Å². The minimum absolute atomic E-state index is 0.0278. The number of carbonyl (C=O) groups is 5. The summed E-state index contributed by atoms with van der Waals surface area (Å²) in [5.41, 5.74) is 0.381. The molecule has 0 aliphatic carbocycles. The van der Waals surface area contributed by atoms with Crippen LogP contribution in [-0.2, 0) is 66.2 Å². The standard InChI is InChI=1S/C42H69N3O16Si/c1-62(2,3)61-33-32-60-31-30-59-29-28-58-27-26-57-25-24-56-23-22-55-21-20-54-19-18-53-17-16-52-15-14-51-13-6-4-5-10-37(46)43-35-9-7-8-34-39(35)42(50)45(41(34)49)36-11-12-38(47)44-40(36)48/h7-9,36H,4-6,10-33H2,1-3H3,(H,43,46)(H,44,47,48). The van der Waals surface area contributed by atoms with Crippen molar-refractivity contribution in [2.75, 3.05) is 144 Å². The van der Waals surface area contributed by atoms with E-state index in [1.807, 2.05) is 0 Å². The van der Waals surface area contributed by atoms with Crippen LogP contribution in [0.5, 0.6) is 0 Å². The van der Waals surface area contributed by atoms with Gasteiger partial charge in [-0.3, -0.25) is 34.2 Å². The second-order valence-electron chi connectivity index (χ2n) is 15.1. The number of unbranched alkanes of at least 4 members (excludes halogenated alkanes) is 2. The van der Waals surface area contributed by atoms with Crippen molar-refractivity contribution in [3.63, 3.8) is 0 Å². The molecule has 1 atom stereocenters. The van der Waals surface area contributed by atoms with Gasteiger partial charge in [0.25, 0.3) is 11.8 Å². The molecule has 0 radical (unpaired) electrons. The van der Waals surface area contributed by atoms with Crippen LogP contribution >= 0.6 is 0 Å². The molecule has 2 N–H and O–H groups in total. The number of nitrogens with zero attached hydrogens (tertiary/aromatic N) is 1. The molecule has 1 saturated heterocycles. The molecule has 1 fully saturated rings. The fourth-order valence-corrected chi connectivity index (χ4v) is 6.68. The Labute approximate surface area is 366 Å². The molecular weight excluding hydrogens is 831 g/mol. The molecule has 1 aromatic carbocycles. The van der Waals surface area contributed by atoms with Crippen LogP contribution in [0.2, 0.25) is 19.6 Å². The molecular formula is C42H69N3O16Si. The first-order valence-corrected chi connectivity index (χ1v) is 25.0. The zero-order valence-corrected chi connectivity index (χ0v) is 37.9. The summed E-state index contributed by atoms with van der Waals surface area (Å²) in [5.74, 6) is -2.72. The van der Waals surface area contributed by atoms with Crippen LogP contribution in [0.15, 0.2) is 18.2 Å². The average Bonchev–Trinajstić information content (AvgIpc) is 3.49. The molecule has 5 amide bonds. The highest BCUT2D eigenvalue weighted by molar-refractivity contribution is 6.69. The van der Waals surface area contributed by atoms with Crippen molar-refractivity contribution in [3.8, 4) is 0 Å². The number of ether oxygens (including phenoxy) is 10. The quantitative estimate of drug-likeness (QED) is 0.0552. The van der Waals surface area contributed by atoms with E-state index in [1.165, 1.54) is 6.07 Å². The topological polar surface area (TPSA) is 214 Å². The van der Waals surface area contributed by atoms with Crippen molar-refractivity contribution < 1.29 is 75.8 Å². The molecule has 0 spiro atoms. The van der Waals surface area contributed by atoms with Gasteiger partial charge >= 0.3 is 0 Å². The zero-order valence-electron chi connectivity index (χ0n) is 36.9. The first kappa shape index (κ1) is 53.1. The maximum atomic E-state index is 13.2. The first-order chi connectivity index (χ1) is 30.1. The molecule has 1 aromatic rings. The van der Waals surface area contributed by atoms with Crippen molar-refractivity contribution in [2.24, 2.45) is 0 Å². The van der Waals surface area contributed by atoms with Crippen molar-refractivity contribution >= 4 is 43.5 Å². The van der Waals surface area contributed by atoms with E-state index in [-0.39, 0.29) is 42.0 Å². The van der Waals surface area contributed by atoms with Crippen LogP contribution in [0, 0.1) is 0 Å². The average molecular weight is 900 g/mol. The number of benzene rings is 1. The smallest absolute Gasteiger partial charge is 0.264 e. The second kappa shape index (κ2) is 32.4. The number of carbonyl (C=O) groups excluding carboxylic acids is 5. The normalized spacial score (nSPS) is 15.4. The third-order valence-electron chi connectivity index (χ3n) is 9.05. The number of hydrogen-bond acceptors (Lipinski definition) is 16. The SMILES string of the molecule is C[Si](C)(C)OCCOCCOCCOCCOCCOCCOCCOCCOCCOCCOCCCCCC(=O)Nc1cccc2c1C(=O)N(C1CCC(=O)NC1=O)C2=O. The van der Waals surface area contributed by atoms with Crippen LogP contribution in [0.1, 0.15) is 59.2 Å². The van der Waals surface area contributed by atoms with Gasteiger partial charge in [0.2, 0.25) is 17.7 Å². The Bertz CT molecular complexity index is 1470. The monoisotopic (exact) mass is 899 g/mol. The van der Waals surface area contributed by atoms with Crippen LogP contribution < -0.4 is 10.6 Å². The summed E-state index contributed by atoms with van der Waals surface area (Å²) in [6, 6.07) is 3.53. The van der Waals surface area contributed by atoms with Gasteiger partial charge < -0.3 is 57.1 Å². The molecule has 2 aliphatic rings. The zero-order chi connectivity index (χ0) is 44.7. The van der Waals surface area contributed by atoms with Crippen molar-refractivity contribution in [1.29, 1.82) is 0 Å². The Kier molecular flexibility index (Phi) is 27.8. The third kappa shape index (κ3) is 22.9. The Hall–Kier alpha value is -3.25. The molecule has 0 saturated carbocycles. The number of imide groups is 2. The molecule has 352 valence electrons. The Morgan fingerprint density at radius 3 is 1.47 bits per heavy atom. The second-order valence-corrected chi connectivity index (χ2v) is 19.6. The van der Waals surface area contributed by atoms with Gasteiger partial charge in [0.15, 0.2) is 8.32 Å². The molecule has 20 heteroatoms. The lowest BCUT2D eigenvalue weighted by atomic mass is 10.0. The largest absolute Gasteiger partial charge is 0.415 e. The summed E-state index contributed by atoms with van der Waals surface area (Å²) < 4.78 is 60.8. The van der Waals surface area contributed by atoms with E-state index < -0.39 is 38.0 Å². The lowest BCUT2D eigenvalue weighted by molar-refractivity contribution is -0.136. The highest BCUT2D eigenvalue weighted by Gasteiger charge is 2.45. The van der Waals surface area contributed by atoms with Gasteiger partial charge in [-0.25, -0.2) is 0 Å². The molecule has 19 nitrogen and oxygen atoms in total. The van der Waals surface area contributed by atoms with Crippen molar-refractivity contribution in [3.05, 3.63) is 29.3 Å². The summed E-state index contributed by atoms with van der Waals surface area (Å²) in [4.78, 5) is 63.6. The maximum Gasteiger partial charge on any atom is 0.264 e. The van der Waals surface area contributed by atoms with Gasteiger partial charge in [-0.05, 0) is 51.0 Å². The van der Waals surface area contributed by atoms with Gasteiger partial charge in [0.1, 0.15) is 6.04 Å². The predicted molar refractivity (Wildman–Crippen MR) is 228 cm³/mol. The summed E-state index contributed by atoms with van der Waals surface area (Å²) >= 11 is 0. The van der Waals surface area contributed by atoms with E-state index in [9.17, 15) is 24.0 Å². The van der Waals surface area contributed by atoms with Gasteiger partial charge in [-0.15, -0.1) is 0 Å². The van der Waals surface area contributed by atoms with E-state index in [4.69, 9.17) is 51.8 Å². The molecule has 2 aliphatic heterocycles.